The zero-order chi connectivity index (χ0) is 15.0. The van der Waals surface area contributed by atoms with Crippen LogP contribution in [0.4, 0.5) is 0 Å². The van der Waals surface area contributed by atoms with Crippen LogP contribution in [0.3, 0.4) is 0 Å². The Morgan fingerprint density at radius 3 is 2.38 bits per heavy atom. The topological polar surface area (TPSA) is 9.23 Å². The van der Waals surface area contributed by atoms with Gasteiger partial charge in [0.15, 0.2) is 0 Å². The third-order valence-electron chi connectivity index (χ3n) is 3.91. The molecule has 0 fully saturated rings. The summed E-state index contributed by atoms with van der Waals surface area (Å²) >= 11 is 4.67. The molecule has 0 spiro atoms. The maximum absolute atomic E-state index is 5.48. The van der Waals surface area contributed by atoms with Gasteiger partial charge in [-0.1, -0.05) is 36.4 Å². The lowest BCUT2D eigenvalue weighted by Gasteiger charge is -2.13. The minimum atomic E-state index is 0.854. The molecule has 0 radical (unpaired) electrons. The van der Waals surface area contributed by atoms with Crippen molar-refractivity contribution in [3.05, 3.63) is 59.7 Å². The van der Waals surface area contributed by atoms with Crippen molar-refractivity contribution in [1.82, 2.24) is 0 Å². The van der Waals surface area contributed by atoms with Crippen LogP contribution in [-0.2, 0) is 0 Å². The second kappa shape index (κ2) is 5.45. The summed E-state index contributed by atoms with van der Waals surface area (Å²) in [6.45, 7) is 4.18. The average molecular weight is 294 g/mol. The van der Waals surface area contributed by atoms with E-state index in [1.807, 2.05) is 6.92 Å². The average Bonchev–Trinajstić information content (AvgIpc) is 2.48. The first-order chi connectivity index (χ1) is 10.1. The Bertz CT molecular complexity index is 821. The van der Waals surface area contributed by atoms with Crippen LogP contribution in [0.25, 0.3) is 21.9 Å². The van der Waals surface area contributed by atoms with E-state index in [0.29, 0.717) is 0 Å². The highest BCUT2D eigenvalue weighted by molar-refractivity contribution is 7.80. The summed E-state index contributed by atoms with van der Waals surface area (Å²) < 4.78 is 5.48. The van der Waals surface area contributed by atoms with E-state index in [0.717, 1.165) is 21.6 Å². The Labute approximate surface area is 131 Å². The molecule has 106 valence electrons. The maximum Gasteiger partial charge on any atom is 0.135 e. The van der Waals surface area contributed by atoms with Gasteiger partial charge in [-0.05, 0) is 59.0 Å². The number of hydrogen-bond acceptors (Lipinski definition) is 2. The van der Waals surface area contributed by atoms with Crippen molar-refractivity contribution in [2.75, 3.05) is 7.11 Å². The Hall–Kier alpha value is -1.93. The standard InChI is InChI=1S/C19H18OS/c1-12-6-4-5-7-16(12)15-9-8-14-10-13(2)18(20-3)19(21)17(14)11-15/h4-11,21H,1-3H3. The third-order valence-corrected chi connectivity index (χ3v) is 4.36. The molecular weight excluding hydrogens is 276 g/mol. The lowest BCUT2D eigenvalue weighted by atomic mass is 9.97. The lowest BCUT2D eigenvalue weighted by Crippen LogP contribution is -1.91. The van der Waals surface area contributed by atoms with Crippen molar-refractivity contribution >= 4 is 23.4 Å². The second-order valence-electron chi connectivity index (χ2n) is 5.33. The van der Waals surface area contributed by atoms with Crippen molar-refractivity contribution < 1.29 is 4.74 Å². The van der Waals surface area contributed by atoms with E-state index < -0.39 is 0 Å². The van der Waals surface area contributed by atoms with Crippen molar-refractivity contribution in [3.63, 3.8) is 0 Å². The maximum atomic E-state index is 5.48. The Kier molecular flexibility index (Phi) is 3.64. The molecule has 0 atom stereocenters. The van der Waals surface area contributed by atoms with Gasteiger partial charge in [0.2, 0.25) is 0 Å². The van der Waals surface area contributed by atoms with Crippen LogP contribution in [0.2, 0.25) is 0 Å². The highest BCUT2D eigenvalue weighted by atomic mass is 32.1. The minimum Gasteiger partial charge on any atom is -0.495 e. The number of benzene rings is 3. The van der Waals surface area contributed by atoms with Crippen molar-refractivity contribution in [2.24, 2.45) is 0 Å². The van der Waals surface area contributed by atoms with E-state index in [9.17, 15) is 0 Å². The normalized spacial score (nSPS) is 10.9. The molecule has 21 heavy (non-hydrogen) atoms. The van der Waals surface area contributed by atoms with Crippen LogP contribution in [-0.4, -0.2) is 7.11 Å². The molecule has 0 aliphatic heterocycles. The van der Waals surface area contributed by atoms with Crippen LogP contribution in [0, 0.1) is 13.8 Å². The third kappa shape index (κ3) is 2.40. The lowest BCUT2D eigenvalue weighted by molar-refractivity contribution is 0.403. The summed E-state index contributed by atoms with van der Waals surface area (Å²) in [6, 6.07) is 17.1. The van der Waals surface area contributed by atoms with E-state index in [1.54, 1.807) is 7.11 Å². The molecule has 0 unspecified atom stereocenters. The highest BCUT2D eigenvalue weighted by Gasteiger charge is 2.10. The number of hydrogen-bond donors (Lipinski definition) is 1. The zero-order valence-corrected chi connectivity index (χ0v) is 13.4. The molecule has 3 aromatic rings. The molecule has 1 nitrogen and oxygen atoms in total. The van der Waals surface area contributed by atoms with E-state index >= 15 is 0 Å². The fourth-order valence-corrected chi connectivity index (χ4v) is 3.28. The highest BCUT2D eigenvalue weighted by Crippen LogP contribution is 2.37. The number of aryl methyl sites for hydroxylation is 2. The molecule has 3 rings (SSSR count). The quantitative estimate of drug-likeness (QED) is 0.621. The largest absolute Gasteiger partial charge is 0.495 e. The van der Waals surface area contributed by atoms with Gasteiger partial charge >= 0.3 is 0 Å². The number of methoxy groups -OCH3 is 1. The molecule has 2 heteroatoms. The second-order valence-corrected chi connectivity index (χ2v) is 5.77. The summed E-state index contributed by atoms with van der Waals surface area (Å²) in [5, 5.41) is 2.32. The molecule has 0 heterocycles. The van der Waals surface area contributed by atoms with E-state index in [4.69, 9.17) is 4.74 Å². The molecule has 0 N–H and O–H groups in total. The fraction of sp³-hybridized carbons (Fsp3) is 0.158. The van der Waals surface area contributed by atoms with Crippen molar-refractivity contribution in [1.29, 1.82) is 0 Å². The first kappa shape index (κ1) is 14.0. The zero-order valence-electron chi connectivity index (χ0n) is 12.5. The molecule has 0 aromatic heterocycles. The minimum absolute atomic E-state index is 0.854. The number of rotatable bonds is 2. The monoisotopic (exact) mass is 294 g/mol. The van der Waals surface area contributed by atoms with Crippen LogP contribution in [0.5, 0.6) is 5.75 Å². The molecule has 0 aliphatic rings. The summed E-state index contributed by atoms with van der Waals surface area (Å²) in [7, 11) is 1.69. The van der Waals surface area contributed by atoms with Crippen molar-refractivity contribution in [2.45, 2.75) is 18.7 Å². The van der Waals surface area contributed by atoms with Gasteiger partial charge < -0.3 is 4.74 Å². The molecule has 0 saturated heterocycles. The summed E-state index contributed by atoms with van der Waals surface area (Å²) in [4.78, 5) is 0.905. The van der Waals surface area contributed by atoms with Gasteiger partial charge in [-0.2, -0.15) is 0 Å². The van der Waals surface area contributed by atoms with Crippen LogP contribution in [0.15, 0.2) is 53.4 Å². The first-order valence-electron chi connectivity index (χ1n) is 6.98. The summed E-state index contributed by atoms with van der Waals surface area (Å²) in [6.07, 6.45) is 0. The fourth-order valence-electron chi connectivity index (χ4n) is 2.82. The summed E-state index contributed by atoms with van der Waals surface area (Å²) in [5.41, 5.74) is 4.85. The van der Waals surface area contributed by atoms with Crippen molar-refractivity contribution in [3.8, 4) is 16.9 Å². The molecule has 0 saturated carbocycles. The van der Waals surface area contributed by atoms with Gasteiger partial charge in [0.25, 0.3) is 0 Å². The van der Waals surface area contributed by atoms with Gasteiger partial charge in [-0.3, -0.25) is 0 Å². The van der Waals surface area contributed by atoms with Crippen LogP contribution < -0.4 is 4.74 Å². The predicted molar refractivity (Wildman–Crippen MR) is 92.7 cm³/mol. The molecule has 0 amide bonds. The van der Waals surface area contributed by atoms with Crippen LogP contribution in [0.1, 0.15) is 11.1 Å². The molecule has 0 bridgehead atoms. The van der Waals surface area contributed by atoms with Gasteiger partial charge in [-0.15, -0.1) is 12.6 Å². The Morgan fingerprint density at radius 2 is 1.67 bits per heavy atom. The van der Waals surface area contributed by atoms with Crippen LogP contribution >= 0.6 is 12.6 Å². The molecular formula is C19H18OS. The van der Waals surface area contributed by atoms with Gasteiger partial charge in [0.1, 0.15) is 5.75 Å². The predicted octanol–water partition coefficient (Wildman–Crippen LogP) is 5.42. The summed E-state index contributed by atoms with van der Waals surface area (Å²) in [5.74, 6) is 0.854. The molecule has 3 aromatic carbocycles. The van der Waals surface area contributed by atoms with E-state index in [-0.39, 0.29) is 0 Å². The SMILES string of the molecule is COc1c(C)cc2ccc(-c3ccccc3C)cc2c1S. The Morgan fingerprint density at radius 1 is 0.905 bits per heavy atom. The smallest absolute Gasteiger partial charge is 0.135 e. The van der Waals surface area contributed by atoms with Gasteiger partial charge in [0, 0.05) is 0 Å². The van der Waals surface area contributed by atoms with E-state index in [2.05, 4.69) is 68.1 Å². The van der Waals surface area contributed by atoms with E-state index in [1.165, 1.54) is 22.1 Å². The number of ether oxygens (including phenoxy) is 1. The Balaban J connectivity index is 2.27. The molecule has 0 aliphatic carbocycles. The number of thiol groups is 1. The van der Waals surface area contributed by atoms with Gasteiger partial charge in [0.05, 0.1) is 12.0 Å². The van der Waals surface area contributed by atoms with Gasteiger partial charge in [-0.25, -0.2) is 0 Å². The first-order valence-corrected chi connectivity index (χ1v) is 7.43. The number of fused-ring (bicyclic) bond motifs is 1.